The fraction of sp³-hybridized carbons (Fsp3) is 0.130. The first kappa shape index (κ1) is 19.4. The van der Waals surface area contributed by atoms with Crippen molar-refractivity contribution in [2.45, 2.75) is 13.8 Å². The number of benzene rings is 1. The van der Waals surface area contributed by atoms with Crippen molar-refractivity contribution >= 4 is 61.0 Å². The lowest BCUT2D eigenvalue weighted by Crippen LogP contribution is -2.42. The minimum Gasteiger partial charge on any atom is -0.353 e. The number of rotatable bonds is 3. The van der Waals surface area contributed by atoms with Crippen LogP contribution in [0.5, 0.6) is 0 Å². The molecule has 0 saturated carbocycles. The zero-order valence-electron chi connectivity index (χ0n) is 16.7. The minimum atomic E-state index is -0.526. The van der Waals surface area contributed by atoms with Gasteiger partial charge in [0.2, 0.25) is 0 Å². The van der Waals surface area contributed by atoms with Gasteiger partial charge in [-0.3, -0.25) is 14.5 Å². The van der Waals surface area contributed by atoms with Crippen LogP contribution >= 0.6 is 22.7 Å². The van der Waals surface area contributed by atoms with Gasteiger partial charge in [-0.2, -0.15) is 5.26 Å². The van der Waals surface area contributed by atoms with Gasteiger partial charge in [0.25, 0.3) is 11.8 Å². The number of hydrogen-bond donors (Lipinski definition) is 1. The minimum absolute atomic E-state index is 0.0188. The first-order valence-corrected chi connectivity index (χ1v) is 11.3. The van der Waals surface area contributed by atoms with E-state index in [1.807, 2.05) is 30.3 Å². The molecule has 8 heteroatoms. The Morgan fingerprint density at radius 3 is 2.71 bits per heavy atom. The van der Waals surface area contributed by atoms with E-state index in [2.05, 4.69) is 17.1 Å². The number of carbonyl (C=O) groups excluding carboxylic acids is 2. The van der Waals surface area contributed by atoms with Crippen LogP contribution in [0.4, 0.5) is 0 Å². The summed E-state index contributed by atoms with van der Waals surface area (Å²) in [5.41, 5.74) is 2.87. The maximum absolute atomic E-state index is 12.8. The molecule has 31 heavy (non-hydrogen) atoms. The number of carbonyl (C=O) groups is 2. The van der Waals surface area contributed by atoms with Crippen LogP contribution in [0.1, 0.15) is 18.7 Å². The fourth-order valence-electron chi connectivity index (χ4n) is 3.69. The van der Waals surface area contributed by atoms with Crippen LogP contribution in [0.15, 0.2) is 53.1 Å². The summed E-state index contributed by atoms with van der Waals surface area (Å²) >= 11 is 3.07. The van der Waals surface area contributed by atoms with E-state index in [4.69, 9.17) is 4.98 Å². The molecule has 2 amide bonds. The number of nitrogens with one attached hydrogen (secondary N) is 1. The maximum Gasteiger partial charge on any atom is 0.271 e. The highest BCUT2D eigenvalue weighted by atomic mass is 32.1. The molecular formula is C23H16N4O2S2. The van der Waals surface area contributed by atoms with Crippen molar-refractivity contribution in [3.63, 3.8) is 0 Å². The van der Waals surface area contributed by atoms with E-state index < -0.39 is 5.91 Å². The Morgan fingerprint density at radius 1 is 1.19 bits per heavy atom. The molecule has 1 N–H and O–H groups in total. The molecule has 1 aliphatic rings. The fourth-order valence-corrected chi connectivity index (χ4v) is 5.83. The third-order valence-electron chi connectivity index (χ3n) is 5.30. The van der Waals surface area contributed by atoms with Crippen LogP contribution in [-0.4, -0.2) is 33.2 Å². The number of likely N-dealkylation sites (N-methyl/N-ethyl adjacent to an activating group) is 1. The second-order valence-electron chi connectivity index (χ2n) is 7.13. The number of fused-ring (bicyclic) bond motifs is 2. The van der Waals surface area contributed by atoms with Gasteiger partial charge >= 0.3 is 0 Å². The van der Waals surface area contributed by atoms with E-state index in [1.54, 1.807) is 31.3 Å². The molecule has 0 fully saturated rings. The first-order valence-electron chi connectivity index (χ1n) is 9.68. The second kappa shape index (κ2) is 7.30. The quantitative estimate of drug-likeness (QED) is 0.351. The van der Waals surface area contributed by atoms with Crippen LogP contribution in [0.25, 0.3) is 37.2 Å². The highest BCUT2D eigenvalue weighted by Gasteiger charge is 2.34. The summed E-state index contributed by atoms with van der Waals surface area (Å²) in [6.07, 6.45) is 1.76. The summed E-state index contributed by atoms with van der Waals surface area (Å²) < 4.78 is 1.03. The average molecular weight is 445 g/mol. The third kappa shape index (κ3) is 3.10. The Morgan fingerprint density at radius 2 is 2.00 bits per heavy atom. The largest absolute Gasteiger partial charge is 0.353 e. The van der Waals surface area contributed by atoms with E-state index >= 15 is 0 Å². The van der Waals surface area contributed by atoms with Crippen LogP contribution < -0.4 is 0 Å². The Balaban J connectivity index is 1.54. The molecule has 0 unspecified atom stereocenters. The number of aromatic amines is 1. The van der Waals surface area contributed by atoms with Crippen LogP contribution in [0.2, 0.25) is 0 Å². The van der Waals surface area contributed by atoms with Crippen molar-refractivity contribution in [2.75, 3.05) is 6.54 Å². The molecule has 1 aromatic carbocycles. The standard InChI is InChI=1S/C23H16N4O2S2/c1-3-27-22(28)15(12(2)16(11-24)23(27)29)9-14-10-19-21(30-14)26-20(31-19)18-8-13-6-4-5-7-17(13)25-18/h4-10,25H,3H2,1-2H3/b15-9-. The molecule has 3 aromatic heterocycles. The van der Waals surface area contributed by atoms with E-state index in [0.29, 0.717) is 11.1 Å². The molecule has 0 atom stereocenters. The van der Waals surface area contributed by atoms with Crippen LogP contribution in [0, 0.1) is 11.3 Å². The normalized spacial score (nSPS) is 16.2. The second-order valence-corrected chi connectivity index (χ2v) is 9.22. The van der Waals surface area contributed by atoms with E-state index in [9.17, 15) is 14.9 Å². The zero-order chi connectivity index (χ0) is 21.7. The third-order valence-corrected chi connectivity index (χ3v) is 7.44. The predicted octanol–water partition coefficient (Wildman–Crippen LogP) is 5.12. The number of H-pyrrole nitrogens is 1. The number of para-hydroxylation sites is 1. The number of imide groups is 1. The van der Waals surface area contributed by atoms with Gasteiger partial charge in [0, 0.05) is 27.9 Å². The van der Waals surface area contributed by atoms with E-state index in [-0.39, 0.29) is 18.0 Å². The van der Waals surface area contributed by atoms with Crippen molar-refractivity contribution in [1.29, 1.82) is 5.26 Å². The molecule has 6 nitrogen and oxygen atoms in total. The number of thiazole rings is 1. The van der Waals surface area contributed by atoms with Crippen molar-refractivity contribution < 1.29 is 9.59 Å². The average Bonchev–Trinajstić information content (AvgIpc) is 3.44. The number of thiophene rings is 1. The monoisotopic (exact) mass is 444 g/mol. The lowest BCUT2D eigenvalue weighted by molar-refractivity contribution is -0.140. The van der Waals surface area contributed by atoms with Crippen molar-refractivity contribution in [1.82, 2.24) is 14.9 Å². The van der Waals surface area contributed by atoms with Gasteiger partial charge in [-0.1, -0.05) is 18.2 Å². The number of hydrogen-bond acceptors (Lipinski definition) is 6. The molecule has 5 rings (SSSR count). The molecule has 0 radical (unpaired) electrons. The topological polar surface area (TPSA) is 89.8 Å². The number of nitriles is 1. The van der Waals surface area contributed by atoms with Crippen molar-refractivity contribution in [3.8, 4) is 16.8 Å². The predicted molar refractivity (Wildman–Crippen MR) is 123 cm³/mol. The molecule has 4 heterocycles. The summed E-state index contributed by atoms with van der Waals surface area (Å²) in [7, 11) is 0. The number of nitrogens with zero attached hydrogens (tertiary/aromatic N) is 3. The zero-order valence-corrected chi connectivity index (χ0v) is 18.4. The SMILES string of the molecule is CCN1C(=O)C(C#N)=C(C)/C(=C/c2cc3sc(-c4cc5ccccc5[nH]4)nc3s2)C1=O. The van der Waals surface area contributed by atoms with Crippen molar-refractivity contribution in [2.24, 2.45) is 0 Å². The van der Waals surface area contributed by atoms with E-state index in [1.165, 1.54) is 11.3 Å². The van der Waals surface area contributed by atoms with Gasteiger partial charge < -0.3 is 4.98 Å². The van der Waals surface area contributed by atoms with E-state index in [0.717, 1.165) is 40.9 Å². The molecule has 152 valence electrons. The summed E-state index contributed by atoms with van der Waals surface area (Å²) in [6.45, 7) is 3.59. The Labute approximate surface area is 185 Å². The molecule has 0 bridgehead atoms. The number of amides is 2. The first-order chi connectivity index (χ1) is 15.0. The van der Waals surface area contributed by atoms with Gasteiger partial charge in [0.15, 0.2) is 0 Å². The number of aromatic nitrogens is 2. The van der Waals surface area contributed by atoms with Crippen molar-refractivity contribution in [3.05, 3.63) is 58.0 Å². The summed E-state index contributed by atoms with van der Waals surface area (Å²) in [4.78, 5) is 36.2. The lowest BCUT2D eigenvalue weighted by atomic mass is 9.95. The molecule has 0 aliphatic carbocycles. The van der Waals surface area contributed by atoms with Gasteiger partial charge in [-0.05, 0) is 43.7 Å². The lowest BCUT2D eigenvalue weighted by Gasteiger charge is -2.26. The maximum atomic E-state index is 12.8. The van der Waals surface area contributed by atoms with Gasteiger partial charge in [-0.15, -0.1) is 22.7 Å². The summed E-state index contributed by atoms with van der Waals surface area (Å²) in [5.74, 6) is -0.895. The molecule has 1 aliphatic heterocycles. The highest BCUT2D eigenvalue weighted by molar-refractivity contribution is 7.29. The highest BCUT2D eigenvalue weighted by Crippen LogP contribution is 2.37. The smallest absolute Gasteiger partial charge is 0.271 e. The Hall–Kier alpha value is -3.54. The molecular weight excluding hydrogens is 428 g/mol. The van der Waals surface area contributed by atoms with Crippen LogP contribution in [-0.2, 0) is 9.59 Å². The summed E-state index contributed by atoms with van der Waals surface area (Å²) in [5, 5.41) is 11.4. The Kier molecular flexibility index (Phi) is 4.58. The summed E-state index contributed by atoms with van der Waals surface area (Å²) in [6, 6.07) is 14.1. The van der Waals surface area contributed by atoms with Gasteiger partial charge in [-0.25, -0.2) is 4.98 Å². The van der Waals surface area contributed by atoms with Gasteiger partial charge in [0.05, 0.1) is 10.4 Å². The molecule has 4 aromatic rings. The van der Waals surface area contributed by atoms with Gasteiger partial charge in [0.1, 0.15) is 21.5 Å². The van der Waals surface area contributed by atoms with Crippen LogP contribution in [0.3, 0.4) is 0 Å². The molecule has 0 spiro atoms. The Bertz CT molecular complexity index is 1430. The molecule has 0 saturated heterocycles.